The van der Waals surface area contributed by atoms with Gasteiger partial charge in [-0.05, 0) is 42.9 Å². The molecule has 4 rings (SSSR count). The first-order valence-corrected chi connectivity index (χ1v) is 10.4. The van der Waals surface area contributed by atoms with E-state index in [1.165, 1.54) is 0 Å². The quantitative estimate of drug-likeness (QED) is 0.419. The number of likely N-dealkylation sites (N-methyl/N-ethyl adjacent to an activating group) is 1. The molecule has 3 aromatic carbocycles. The maximum atomic E-state index is 10.9. The number of aromatic nitrogens is 1. The van der Waals surface area contributed by atoms with Crippen LogP contribution in [0.4, 0.5) is 0 Å². The summed E-state index contributed by atoms with van der Waals surface area (Å²) >= 11 is 6.23. The van der Waals surface area contributed by atoms with Gasteiger partial charge in [-0.1, -0.05) is 60.1 Å². The highest BCUT2D eigenvalue weighted by atomic mass is 35.5. The van der Waals surface area contributed by atoms with Crippen LogP contribution < -0.4 is 10.1 Å². The lowest BCUT2D eigenvalue weighted by Gasteiger charge is -2.26. The highest BCUT2D eigenvalue weighted by Gasteiger charge is 2.23. The zero-order valence-corrected chi connectivity index (χ0v) is 17.6. The summed E-state index contributed by atoms with van der Waals surface area (Å²) in [5, 5.41) is 15.7. The van der Waals surface area contributed by atoms with Gasteiger partial charge in [0.15, 0.2) is 0 Å². The molecule has 1 heterocycles. The van der Waals surface area contributed by atoms with Gasteiger partial charge in [0.1, 0.15) is 12.4 Å². The Hall–Kier alpha value is -2.79. The number of aliphatic hydroxyl groups excluding tert-OH is 1. The maximum Gasteiger partial charge on any atom is 0.120 e. The van der Waals surface area contributed by atoms with E-state index in [0.717, 1.165) is 27.8 Å². The summed E-state index contributed by atoms with van der Waals surface area (Å²) in [6.45, 7) is 0.914. The van der Waals surface area contributed by atoms with Crippen LogP contribution in [-0.4, -0.2) is 29.4 Å². The van der Waals surface area contributed by atoms with Crippen LogP contribution in [0.25, 0.3) is 10.9 Å². The van der Waals surface area contributed by atoms with Crippen molar-refractivity contribution in [3.8, 4) is 5.75 Å². The zero-order chi connectivity index (χ0) is 20.9. The van der Waals surface area contributed by atoms with Crippen molar-refractivity contribution < 1.29 is 9.84 Å². The van der Waals surface area contributed by atoms with Crippen LogP contribution in [0.3, 0.4) is 0 Å². The van der Waals surface area contributed by atoms with Crippen LogP contribution in [-0.2, 0) is 6.61 Å². The minimum Gasteiger partial charge on any atom is -0.489 e. The van der Waals surface area contributed by atoms with Crippen molar-refractivity contribution in [2.75, 3.05) is 13.6 Å². The van der Waals surface area contributed by atoms with E-state index in [4.69, 9.17) is 16.3 Å². The first-order valence-electron chi connectivity index (χ1n) is 10.0. The van der Waals surface area contributed by atoms with Gasteiger partial charge >= 0.3 is 0 Å². The van der Waals surface area contributed by atoms with Crippen LogP contribution in [0.1, 0.15) is 17.2 Å². The summed E-state index contributed by atoms with van der Waals surface area (Å²) in [6.07, 6.45) is 1.46. The molecular formula is C25H25ClN2O2. The number of halogens is 1. The molecule has 0 amide bonds. The van der Waals surface area contributed by atoms with Crippen LogP contribution in [0, 0.1) is 0 Å². The first kappa shape index (κ1) is 20.5. The summed E-state index contributed by atoms with van der Waals surface area (Å²) in [6, 6.07) is 25.7. The minimum absolute atomic E-state index is 0.189. The Morgan fingerprint density at radius 1 is 1.00 bits per heavy atom. The molecule has 0 aliphatic rings. The molecular weight excluding hydrogens is 396 g/mol. The molecule has 0 radical (unpaired) electrons. The Kier molecular flexibility index (Phi) is 6.38. The van der Waals surface area contributed by atoms with Gasteiger partial charge in [0.25, 0.3) is 0 Å². The van der Waals surface area contributed by atoms with Gasteiger partial charge in [-0.15, -0.1) is 0 Å². The average Bonchev–Trinajstić information content (AvgIpc) is 3.17. The van der Waals surface area contributed by atoms with Gasteiger partial charge in [-0.25, -0.2) is 0 Å². The van der Waals surface area contributed by atoms with Gasteiger partial charge in [-0.3, -0.25) is 0 Å². The first-order chi connectivity index (χ1) is 14.7. The summed E-state index contributed by atoms with van der Waals surface area (Å²) in [5.74, 6) is 0.784. The van der Waals surface area contributed by atoms with E-state index < -0.39 is 6.10 Å². The van der Waals surface area contributed by atoms with Crippen LogP contribution in [0.5, 0.6) is 5.75 Å². The number of hydrogen-bond acceptors (Lipinski definition) is 3. The number of fused-ring (bicyclic) bond motifs is 1. The van der Waals surface area contributed by atoms with E-state index in [1.54, 1.807) is 0 Å². The van der Waals surface area contributed by atoms with E-state index in [2.05, 4.69) is 28.1 Å². The highest BCUT2D eigenvalue weighted by molar-refractivity contribution is 6.31. The van der Waals surface area contributed by atoms with Crippen LogP contribution >= 0.6 is 11.6 Å². The third-order valence-corrected chi connectivity index (χ3v) is 5.63. The molecule has 2 atom stereocenters. The lowest BCUT2D eigenvalue weighted by Crippen LogP contribution is -2.33. The lowest BCUT2D eigenvalue weighted by molar-refractivity contribution is 0.132. The molecule has 0 aliphatic carbocycles. The van der Waals surface area contributed by atoms with Crippen molar-refractivity contribution in [3.05, 3.63) is 101 Å². The second kappa shape index (κ2) is 9.35. The van der Waals surface area contributed by atoms with Crippen molar-refractivity contribution in [3.63, 3.8) is 0 Å². The molecule has 5 heteroatoms. The maximum absolute atomic E-state index is 10.9. The van der Waals surface area contributed by atoms with E-state index in [-0.39, 0.29) is 6.04 Å². The van der Waals surface area contributed by atoms with Gasteiger partial charge in [0.05, 0.1) is 12.1 Å². The van der Waals surface area contributed by atoms with Crippen molar-refractivity contribution >= 4 is 22.5 Å². The van der Waals surface area contributed by atoms with Crippen molar-refractivity contribution in [1.29, 1.82) is 0 Å². The highest BCUT2D eigenvalue weighted by Crippen LogP contribution is 2.30. The number of benzene rings is 3. The summed E-state index contributed by atoms with van der Waals surface area (Å²) < 4.78 is 8.10. The largest absolute Gasteiger partial charge is 0.489 e. The Balaban J connectivity index is 1.62. The fourth-order valence-electron chi connectivity index (χ4n) is 3.79. The van der Waals surface area contributed by atoms with Gasteiger partial charge in [0.2, 0.25) is 0 Å². The predicted molar refractivity (Wildman–Crippen MR) is 122 cm³/mol. The van der Waals surface area contributed by atoms with Gasteiger partial charge in [0, 0.05) is 34.2 Å². The third kappa shape index (κ3) is 4.36. The zero-order valence-electron chi connectivity index (χ0n) is 16.8. The fraction of sp³-hybridized carbons (Fsp3) is 0.200. The fourth-order valence-corrected chi connectivity index (χ4v) is 3.98. The van der Waals surface area contributed by atoms with Gasteiger partial charge in [-0.2, -0.15) is 0 Å². The molecule has 4 aromatic rings. The number of aliphatic hydroxyl groups is 1. The van der Waals surface area contributed by atoms with Crippen LogP contribution in [0.15, 0.2) is 85.1 Å². The second-order valence-electron chi connectivity index (χ2n) is 7.30. The summed E-state index contributed by atoms with van der Waals surface area (Å²) in [4.78, 5) is 0. The van der Waals surface area contributed by atoms with Crippen molar-refractivity contribution in [2.24, 2.45) is 0 Å². The minimum atomic E-state index is -0.566. The normalized spacial score (nSPS) is 13.3. The van der Waals surface area contributed by atoms with E-state index in [9.17, 15) is 5.11 Å². The smallest absolute Gasteiger partial charge is 0.120 e. The van der Waals surface area contributed by atoms with E-state index in [1.807, 2.05) is 73.9 Å². The monoisotopic (exact) mass is 420 g/mol. The second-order valence-corrected chi connectivity index (χ2v) is 7.71. The Bertz CT molecular complexity index is 1110. The number of hydrogen-bond donors (Lipinski definition) is 2. The predicted octanol–water partition coefficient (Wildman–Crippen LogP) is 5.04. The molecule has 0 spiro atoms. The standard InChI is InChI=1S/C25H25ClN2O2/c1-27-16-24(29)25(18-7-3-2-4-8-18)28-14-13-19-15-21(11-12-23(19)28)30-17-20-9-5-6-10-22(20)26/h2-15,24-25,27,29H,16-17H2,1H3. The van der Waals surface area contributed by atoms with Crippen molar-refractivity contribution in [2.45, 2.75) is 18.8 Å². The summed E-state index contributed by atoms with van der Waals surface area (Å²) in [5.41, 5.74) is 3.07. The molecule has 0 bridgehead atoms. The Morgan fingerprint density at radius 2 is 1.77 bits per heavy atom. The van der Waals surface area contributed by atoms with Gasteiger partial charge < -0.3 is 19.7 Å². The van der Waals surface area contributed by atoms with Crippen LogP contribution in [0.2, 0.25) is 5.02 Å². The molecule has 30 heavy (non-hydrogen) atoms. The van der Waals surface area contributed by atoms with E-state index >= 15 is 0 Å². The third-order valence-electron chi connectivity index (χ3n) is 5.26. The van der Waals surface area contributed by atoms with Crippen molar-refractivity contribution in [1.82, 2.24) is 9.88 Å². The molecule has 1 aromatic heterocycles. The molecule has 154 valence electrons. The SMILES string of the molecule is CNCC(O)C(c1ccccc1)n1ccc2cc(OCc3ccccc3Cl)ccc21. The summed E-state index contributed by atoms with van der Waals surface area (Å²) in [7, 11) is 1.85. The number of nitrogens with zero attached hydrogens (tertiary/aromatic N) is 1. The topological polar surface area (TPSA) is 46.4 Å². The lowest BCUT2D eigenvalue weighted by atomic mass is 10.0. The average molecular weight is 421 g/mol. The molecule has 2 unspecified atom stereocenters. The molecule has 0 saturated carbocycles. The molecule has 0 fully saturated rings. The number of ether oxygens (including phenoxy) is 1. The van der Waals surface area contributed by atoms with E-state index in [0.29, 0.717) is 18.2 Å². The molecule has 0 saturated heterocycles. The number of nitrogens with one attached hydrogen (secondary N) is 1. The molecule has 2 N–H and O–H groups in total. The molecule has 4 nitrogen and oxygen atoms in total. The number of rotatable bonds is 8. The molecule has 0 aliphatic heterocycles. The Morgan fingerprint density at radius 3 is 2.53 bits per heavy atom. The Labute approximate surface area is 181 Å².